The molecule has 5 unspecified atom stereocenters. The van der Waals surface area contributed by atoms with Crippen molar-refractivity contribution < 1.29 is 56.1 Å². The van der Waals surface area contributed by atoms with Crippen LogP contribution in [-0.4, -0.2) is 75.6 Å². The first-order valence-electron chi connectivity index (χ1n) is 10.6. The van der Waals surface area contributed by atoms with E-state index in [-0.39, 0.29) is 9.92 Å². The van der Waals surface area contributed by atoms with Crippen molar-refractivity contribution in [2.75, 3.05) is 6.61 Å². The molecule has 2 N–H and O–H groups in total. The van der Waals surface area contributed by atoms with E-state index in [4.69, 9.17) is 35.3 Å². The van der Waals surface area contributed by atoms with E-state index in [1.807, 2.05) is 0 Å². The van der Waals surface area contributed by atoms with Crippen molar-refractivity contribution in [1.82, 2.24) is 10.0 Å². The van der Waals surface area contributed by atoms with Gasteiger partial charge in [0, 0.05) is 32.7 Å². The lowest BCUT2D eigenvalue weighted by molar-refractivity contribution is -0.270. The highest BCUT2D eigenvalue weighted by Gasteiger charge is 2.52. The normalized spacial score (nSPS) is 23.2. The molecule has 1 aliphatic heterocycles. The van der Waals surface area contributed by atoms with Gasteiger partial charge in [0.15, 0.2) is 12.2 Å². The molecular formula is C21H25ClN2O12S. The van der Waals surface area contributed by atoms with Gasteiger partial charge in [-0.3, -0.25) is 19.2 Å². The fraction of sp³-hybridized carbons (Fsp3) is 0.476. The highest BCUT2D eigenvalue weighted by Crippen LogP contribution is 2.28. The Morgan fingerprint density at radius 1 is 0.865 bits per heavy atom. The third-order valence-electron chi connectivity index (χ3n) is 4.63. The monoisotopic (exact) mass is 564 g/mol. The molecule has 1 aromatic carbocycles. The largest absolute Gasteiger partial charge is 0.463 e. The highest BCUT2D eigenvalue weighted by atomic mass is 35.5. The Hall–Kier alpha value is -3.43. The third kappa shape index (κ3) is 8.87. The summed E-state index contributed by atoms with van der Waals surface area (Å²) in [6.45, 7) is 3.68. The van der Waals surface area contributed by atoms with Crippen LogP contribution in [0.15, 0.2) is 29.2 Å². The molecule has 0 radical (unpaired) electrons. The van der Waals surface area contributed by atoms with Gasteiger partial charge in [-0.2, -0.15) is 0 Å². The molecule has 1 fully saturated rings. The van der Waals surface area contributed by atoms with E-state index in [0.717, 1.165) is 39.8 Å². The molecule has 0 bridgehead atoms. The minimum Gasteiger partial charge on any atom is -0.463 e. The van der Waals surface area contributed by atoms with Gasteiger partial charge < -0.3 is 29.0 Å². The fourth-order valence-electron chi connectivity index (χ4n) is 3.30. The maximum absolute atomic E-state index is 12.7. The van der Waals surface area contributed by atoms with Gasteiger partial charge in [0.2, 0.25) is 6.29 Å². The van der Waals surface area contributed by atoms with Crippen molar-refractivity contribution in [3.05, 3.63) is 29.3 Å². The topological polar surface area (TPSA) is 190 Å². The quantitative estimate of drug-likeness (QED) is 0.327. The molecule has 204 valence electrons. The number of esters is 4. The van der Waals surface area contributed by atoms with E-state index < -0.39 is 77.2 Å². The van der Waals surface area contributed by atoms with Gasteiger partial charge in [0.1, 0.15) is 18.8 Å². The van der Waals surface area contributed by atoms with E-state index >= 15 is 0 Å². The van der Waals surface area contributed by atoms with Crippen molar-refractivity contribution in [3.8, 4) is 0 Å². The zero-order chi connectivity index (χ0) is 27.9. The Balaban J connectivity index is 2.40. The zero-order valence-corrected chi connectivity index (χ0v) is 21.7. The number of carbonyl (C=O) groups excluding carboxylic acids is 5. The lowest BCUT2D eigenvalue weighted by Crippen LogP contribution is -2.67. The Bertz CT molecular complexity index is 1140. The Kier molecular flexibility index (Phi) is 10.2. The van der Waals surface area contributed by atoms with Crippen LogP contribution < -0.4 is 10.0 Å². The molecule has 1 aromatic rings. The van der Waals surface area contributed by atoms with Crippen LogP contribution in [0.25, 0.3) is 0 Å². The first-order chi connectivity index (χ1) is 17.2. The summed E-state index contributed by atoms with van der Waals surface area (Å²) >= 11 is 5.76. The molecule has 2 rings (SSSR count). The number of nitrogens with one attached hydrogen (secondary N) is 2. The fourth-order valence-corrected chi connectivity index (χ4v) is 4.34. The summed E-state index contributed by atoms with van der Waals surface area (Å²) in [7, 11) is -4.39. The molecule has 5 atom stereocenters. The number of rotatable bonds is 8. The summed E-state index contributed by atoms with van der Waals surface area (Å²) < 4.78 is 53.0. The average Bonchev–Trinajstić information content (AvgIpc) is 2.75. The Labute approximate surface area is 216 Å². The van der Waals surface area contributed by atoms with Gasteiger partial charge in [-0.05, 0) is 24.3 Å². The standard InChI is InChI=1S/C21H25ClN2O12S/c1-10(25)32-9-16-18(33-11(2)26)19(34-12(3)27)17(20(36-16)35-13(4)28)23-21(29)24-37(30,31)15-7-5-14(22)6-8-15/h5-8,16-20H,9H2,1-4H3,(H2,23,24,29). The summed E-state index contributed by atoms with van der Waals surface area (Å²) in [5.41, 5.74) is 0. The average molecular weight is 565 g/mol. The summed E-state index contributed by atoms with van der Waals surface area (Å²) in [6, 6.07) is 2.00. The van der Waals surface area contributed by atoms with Gasteiger partial charge in [-0.25, -0.2) is 17.9 Å². The van der Waals surface area contributed by atoms with Crippen LogP contribution in [0, 0.1) is 0 Å². The number of urea groups is 1. The zero-order valence-electron chi connectivity index (χ0n) is 20.1. The summed E-state index contributed by atoms with van der Waals surface area (Å²) in [5, 5.41) is 2.48. The number of hydrogen-bond donors (Lipinski definition) is 2. The smallest absolute Gasteiger partial charge is 0.329 e. The third-order valence-corrected chi connectivity index (χ3v) is 6.23. The lowest BCUT2D eigenvalue weighted by Gasteiger charge is -2.44. The number of benzene rings is 1. The number of ether oxygens (including phenoxy) is 5. The summed E-state index contributed by atoms with van der Waals surface area (Å²) in [6.07, 6.45) is -6.02. The van der Waals surface area contributed by atoms with Crippen LogP contribution in [0.5, 0.6) is 0 Å². The maximum atomic E-state index is 12.7. The number of amides is 2. The predicted molar refractivity (Wildman–Crippen MR) is 122 cm³/mol. The van der Waals surface area contributed by atoms with Crippen LogP contribution in [-0.2, 0) is 52.9 Å². The highest BCUT2D eigenvalue weighted by molar-refractivity contribution is 7.90. The number of carbonyl (C=O) groups is 5. The summed E-state index contributed by atoms with van der Waals surface area (Å²) in [5.74, 6) is -3.34. The lowest BCUT2D eigenvalue weighted by atomic mass is 9.96. The SMILES string of the molecule is CC(=O)OCC1OC(OC(C)=O)C(NC(=O)NS(=O)(=O)c2ccc(Cl)cc2)C(OC(C)=O)C1OC(C)=O. The van der Waals surface area contributed by atoms with Gasteiger partial charge in [-0.15, -0.1) is 0 Å². The Morgan fingerprint density at radius 2 is 1.41 bits per heavy atom. The second kappa shape index (κ2) is 12.7. The molecule has 0 aliphatic carbocycles. The number of hydrogen-bond acceptors (Lipinski definition) is 12. The minimum absolute atomic E-state index is 0.260. The van der Waals surface area contributed by atoms with E-state index in [1.165, 1.54) is 12.1 Å². The molecule has 2 amide bonds. The first-order valence-corrected chi connectivity index (χ1v) is 12.4. The second-order valence-electron chi connectivity index (χ2n) is 7.66. The molecule has 37 heavy (non-hydrogen) atoms. The summed E-state index contributed by atoms with van der Waals surface area (Å²) in [4.78, 5) is 59.1. The molecule has 0 spiro atoms. The van der Waals surface area contributed by atoms with Gasteiger partial charge >= 0.3 is 29.9 Å². The van der Waals surface area contributed by atoms with Gasteiger partial charge in [0.05, 0.1) is 4.90 Å². The van der Waals surface area contributed by atoms with Crippen molar-refractivity contribution in [2.45, 2.75) is 63.2 Å². The van der Waals surface area contributed by atoms with E-state index in [9.17, 15) is 32.4 Å². The van der Waals surface area contributed by atoms with Gasteiger partial charge in [-0.1, -0.05) is 11.6 Å². The maximum Gasteiger partial charge on any atom is 0.329 e. The van der Waals surface area contributed by atoms with Crippen molar-refractivity contribution in [2.24, 2.45) is 0 Å². The Morgan fingerprint density at radius 3 is 1.92 bits per heavy atom. The van der Waals surface area contributed by atoms with Crippen LogP contribution in [0.1, 0.15) is 27.7 Å². The predicted octanol–water partition coefficient (Wildman–Crippen LogP) is 0.411. The van der Waals surface area contributed by atoms with Crippen LogP contribution in [0.3, 0.4) is 0 Å². The molecule has 0 aromatic heterocycles. The molecular weight excluding hydrogens is 540 g/mol. The van der Waals surface area contributed by atoms with Crippen molar-refractivity contribution >= 4 is 51.5 Å². The van der Waals surface area contributed by atoms with Gasteiger partial charge in [0.25, 0.3) is 10.0 Å². The van der Waals surface area contributed by atoms with E-state index in [0.29, 0.717) is 0 Å². The van der Waals surface area contributed by atoms with E-state index in [1.54, 1.807) is 4.72 Å². The van der Waals surface area contributed by atoms with Crippen molar-refractivity contribution in [3.63, 3.8) is 0 Å². The molecule has 1 aliphatic rings. The number of halogens is 1. The second-order valence-corrected chi connectivity index (χ2v) is 9.78. The van der Waals surface area contributed by atoms with E-state index in [2.05, 4.69) is 5.32 Å². The minimum atomic E-state index is -4.39. The molecule has 16 heteroatoms. The van der Waals surface area contributed by atoms with Crippen LogP contribution in [0.4, 0.5) is 4.79 Å². The molecule has 14 nitrogen and oxygen atoms in total. The van der Waals surface area contributed by atoms with Crippen LogP contribution >= 0.6 is 11.6 Å². The first kappa shape index (κ1) is 29.8. The van der Waals surface area contributed by atoms with Crippen molar-refractivity contribution in [1.29, 1.82) is 0 Å². The number of sulfonamides is 1. The molecule has 1 saturated heterocycles. The molecule has 1 heterocycles. The van der Waals surface area contributed by atoms with Crippen LogP contribution in [0.2, 0.25) is 5.02 Å². The molecule has 0 saturated carbocycles.